The zero-order chi connectivity index (χ0) is 21.9. The summed E-state index contributed by atoms with van der Waals surface area (Å²) in [6.07, 6.45) is 0. The van der Waals surface area contributed by atoms with E-state index in [0.717, 1.165) is 0 Å². The molecule has 0 aliphatic heterocycles. The zero-order valence-electron chi connectivity index (χ0n) is 16.9. The SMILES string of the molecule is CCN(CC(=O)NCC(=O)Nc1ccc(F)cc1)CC(=O)Nc1cccc(OC)c1. The Balaban J connectivity index is 1.75. The first-order valence-corrected chi connectivity index (χ1v) is 9.38. The van der Waals surface area contributed by atoms with E-state index < -0.39 is 11.7 Å². The maximum absolute atomic E-state index is 12.9. The second-order valence-corrected chi connectivity index (χ2v) is 6.42. The molecule has 3 amide bonds. The third-order valence-electron chi connectivity index (χ3n) is 4.11. The van der Waals surface area contributed by atoms with Gasteiger partial charge in [-0.15, -0.1) is 0 Å². The van der Waals surface area contributed by atoms with Gasteiger partial charge in [0.15, 0.2) is 0 Å². The molecule has 0 aliphatic rings. The van der Waals surface area contributed by atoms with Crippen molar-refractivity contribution in [1.82, 2.24) is 10.2 Å². The minimum atomic E-state index is -0.436. The largest absolute Gasteiger partial charge is 0.497 e. The highest BCUT2D eigenvalue weighted by molar-refractivity contribution is 5.95. The zero-order valence-corrected chi connectivity index (χ0v) is 16.9. The van der Waals surface area contributed by atoms with Crippen LogP contribution >= 0.6 is 0 Å². The Morgan fingerprint density at radius 3 is 2.27 bits per heavy atom. The molecule has 0 atom stereocenters. The highest BCUT2D eigenvalue weighted by Crippen LogP contribution is 2.16. The molecule has 160 valence electrons. The van der Waals surface area contributed by atoms with Crippen LogP contribution in [0, 0.1) is 5.82 Å². The normalized spacial score (nSPS) is 10.4. The van der Waals surface area contributed by atoms with Crippen molar-refractivity contribution >= 4 is 29.1 Å². The molecule has 0 radical (unpaired) electrons. The minimum absolute atomic E-state index is 0.0168. The molecule has 2 rings (SSSR count). The Morgan fingerprint density at radius 2 is 1.60 bits per heavy atom. The number of carbonyl (C=O) groups excluding carboxylic acids is 3. The fraction of sp³-hybridized carbons (Fsp3) is 0.286. The van der Waals surface area contributed by atoms with Gasteiger partial charge in [-0.25, -0.2) is 4.39 Å². The number of nitrogens with one attached hydrogen (secondary N) is 3. The van der Waals surface area contributed by atoms with E-state index in [2.05, 4.69) is 16.0 Å². The number of hydrogen-bond acceptors (Lipinski definition) is 5. The molecule has 0 saturated carbocycles. The van der Waals surface area contributed by atoms with E-state index in [1.165, 1.54) is 31.4 Å². The number of halogens is 1. The van der Waals surface area contributed by atoms with Crippen LogP contribution in [-0.4, -0.2) is 55.9 Å². The Hall–Kier alpha value is -3.46. The van der Waals surface area contributed by atoms with Gasteiger partial charge in [0.1, 0.15) is 11.6 Å². The topological polar surface area (TPSA) is 99.8 Å². The summed E-state index contributed by atoms with van der Waals surface area (Å²) >= 11 is 0. The van der Waals surface area contributed by atoms with Crippen molar-refractivity contribution in [3.63, 3.8) is 0 Å². The van der Waals surface area contributed by atoms with Crippen LogP contribution in [0.2, 0.25) is 0 Å². The van der Waals surface area contributed by atoms with Crippen LogP contribution in [0.1, 0.15) is 6.92 Å². The molecule has 0 fully saturated rings. The van der Waals surface area contributed by atoms with Crippen molar-refractivity contribution in [2.24, 2.45) is 0 Å². The summed E-state index contributed by atoms with van der Waals surface area (Å²) in [4.78, 5) is 37.9. The number of anilines is 2. The number of benzene rings is 2. The number of amides is 3. The highest BCUT2D eigenvalue weighted by Gasteiger charge is 2.14. The molecule has 0 unspecified atom stereocenters. The average molecular weight is 416 g/mol. The van der Waals surface area contributed by atoms with Crippen molar-refractivity contribution in [3.05, 3.63) is 54.3 Å². The Kier molecular flexibility index (Phi) is 8.76. The monoisotopic (exact) mass is 416 g/mol. The maximum Gasteiger partial charge on any atom is 0.243 e. The molecule has 0 aliphatic carbocycles. The lowest BCUT2D eigenvalue weighted by atomic mass is 10.3. The van der Waals surface area contributed by atoms with Crippen LogP contribution in [0.3, 0.4) is 0 Å². The molecule has 2 aromatic rings. The summed E-state index contributed by atoms with van der Waals surface area (Å²) in [7, 11) is 1.54. The highest BCUT2D eigenvalue weighted by atomic mass is 19.1. The van der Waals surface area contributed by atoms with E-state index in [0.29, 0.717) is 23.7 Å². The molecule has 0 spiro atoms. The molecule has 0 heterocycles. The predicted octanol–water partition coefficient (Wildman–Crippen LogP) is 1.85. The van der Waals surface area contributed by atoms with E-state index in [-0.39, 0.29) is 31.4 Å². The van der Waals surface area contributed by atoms with Gasteiger partial charge < -0.3 is 20.7 Å². The third kappa shape index (κ3) is 7.88. The van der Waals surface area contributed by atoms with Crippen molar-refractivity contribution in [1.29, 1.82) is 0 Å². The molecule has 2 aromatic carbocycles. The second kappa shape index (κ2) is 11.5. The number of likely N-dealkylation sites (N-methyl/N-ethyl adjacent to an activating group) is 1. The predicted molar refractivity (Wildman–Crippen MR) is 112 cm³/mol. The first-order valence-electron chi connectivity index (χ1n) is 9.38. The molecular formula is C21H25FN4O4. The lowest BCUT2D eigenvalue weighted by molar-refractivity contribution is -0.125. The van der Waals surface area contributed by atoms with E-state index in [4.69, 9.17) is 4.74 Å². The van der Waals surface area contributed by atoms with Crippen LogP contribution < -0.4 is 20.7 Å². The molecule has 3 N–H and O–H groups in total. The van der Waals surface area contributed by atoms with Gasteiger partial charge in [-0.3, -0.25) is 19.3 Å². The number of carbonyl (C=O) groups is 3. The Bertz CT molecular complexity index is 874. The number of ether oxygens (including phenoxy) is 1. The van der Waals surface area contributed by atoms with Crippen LogP contribution in [0.5, 0.6) is 5.75 Å². The number of hydrogen-bond donors (Lipinski definition) is 3. The summed E-state index contributed by atoms with van der Waals surface area (Å²) in [5.74, 6) is -0.879. The maximum atomic E-state index is 12.9. The van der Waals surface area contributed by atoms with Crippen LogP contribution in [0.4, 0.5) is 15.8 Å². The Labute approximate surface area is 174 Å². The third-order valence-corrected chi connectivity index (χ3v) is 4.11. The van der Waals surface area contributed by atoms with Gasteiger partial charge in [0.25, 0.3) is 0 Å². The van der Waals surface area contributed by atoms with Gasteiger partial charge in [-0.1, -0.05) is 13.0 Å². The molecule has 0 saturated heterocycles. The van der Waals surface area contributed by atoms with Gasteiger partial charge in [0.2, 0.25) is 17.7 Å². The summed E-state index contributed by atoms with van der Waals surface area (Å²) in [6.45, 7) is 2.05. The standard InChI is InChI=1S/C21H25FN4O4/c1-3-26(14-21(29)25-17-5-4-6-18(11-17)30-2)13-20(28)23-12-19(27)24-16-9-7-15(22)8-10-16/h4-11H,3,12-14H2,1-2H3,(H,23,28)(H,24,27)(H,25,29). The van der Waals surface area contributed by atoms with Crippen LogP contribution in [0.25, 0.3) is 0 Å². The van der Waals surface area contributed by atoms with E-state index in [9.17, 15) is 18.8 Å². The molecule has 0 aromatic heterocycles. The van der Waals surface area contributed by atoms with Gasteiger partial charge in [-0.2, -0.15) is 0 Å². The van der Waals surface area contributed by atoms with E-state index in [1.54, 1.807) is 29.2 Å². The van der Waals surface area contributed by atoms with E-state index in [1.807, 2.05) is 6.92 Å². The summed E-state index contributed by atoms with van der Waals surface area (Å²) in [5, 5.41) is 7.81. The average Bonchev–Trinajstić information content (AvgIpc) is 2.73. The smallest absolute Gasteiger partial charge is 0.243 e. The first-order chi connectivity index (χ1) is 14.4. The number of nitrogens with zero attached hydrogens (tertiary/aromatic N) is 1. The van der Waals surface area contributed by atoms with Crippen LogP contribution in [0.15, 0.2) is 48.5 Å². The fourth-order valence-corrected chi connectivity index (χ4v) is 2.56. The summed E-state index contributed by atoms with van der Waals surface area (Å²) in [6, 6.07) is 12.3. The number of methoxy groups -OCH3 is 1. The van der Waals surface area contributed by atoms with Crippen molar-refractivity contribution in [2.45, 2.75) is 6.92 Å². The quantitative estimate of drug-likeness (QED) is 0.549. The van der Waals surface area contributed by atoms with Gasteiger partial charge in [0, 0.05) is 17.4 Å². The summed E-state index contributed by atoms with van der Waals surface area (Å²) < 4.78 is 18.0. The first kappa shape index (κ1) is 22.8. The number of rotatable bonds is 10. The molecule has 30 heavy (non-hydrogen) atoms. The second-order valence-electron chi connectivity index (χ2n) is 6.42. The van der Waals surface area contributed by atoms with Gasteiger partial charge in [-0.05, 0) is 42.9 Å². The minimum Gasteiger partial charge on any atom is -0.497 e. The molecule has 8 nitrogen and oxygen atoms in total. The van der Waals surface area contributed by atoms with E-state index >= 15 is 0 Å². The van der Waals surface area contributed by atoms with Crippen molar-refractivity contribution < 1.29 is 23.5 Å². The fourth-order valence-electron chi connectivity index (χ4n) is 2.56. The lowest BCUT2D eigenvalue weighted by Gasteiger charge is -2.19. The molecular weight excluding hydrogens is 391 g/mol. The van der Waals surface area contributed by atoms with Crippen LogP contribution in [-0.2, 0) is 14.4 Å². The lowest BCUT2D eigenvalue weighted by Crippen LogP contribution is -2.43. The molecule has 0 bridgehead atoms. The van der Waals surface area contributed by atoms with Gasteiger partial charge in [0.05, 0.1) is 26.7 Å². The Morgan fingerprint density at radius 1 is 0.933 bits per heavy atom. The molecule has 9 heteroatoms. The van der Waals surface area contributed by atoms with Gasteiger partial charge >= 0.3 is 0 Å². The van der Waals surface area contributed by atoms with Crippen molar-refractivity contribution in [2.75, 3.05) is 43.9 Å². The summed E-state index contributed by atoms with van der Waals surface area (Å²) in [5.41, 5.74) is 1.03. The van der Waals surface area contributed by atoms with Crippen molar-refractivity contribution in [3.8, 4) is 5.75 Å².